The molecule has 4 N–H and O–H groups in total. The third-order valence-corrected chi connectivity index (χ3v) is 5.51. The SMILES string of the molecule is NC(CO)(CO)CCc1ccc2oc3ccc(Oc4cccc(Cl)c4)cc3c(=O)c2c1. The highest BCUT2D eigenvalue weighted by molar-refractivity contribution is 6.30. The van der Waals surface area contributed by atoms with Gasteiger partial charge in [-0.3, -0.25) is 4.79 Å². The number of benzene rings is 3. The fourth-order valence-corrected chi connectivity index (χ4v) is 3.55. The lowest BCUT2D eigenvalue weighted by atomic mass is 9.93. The van der Waals surface area contributed by atoms with Crippen molar-refractivity contribution in [1.29, 1.82) is 0 Å². The van der Waals surface area contributed by atoms with Gasteiger partial charge < -0.3 is 25.1 Å². The number of aliphatic hydroxyl groups is 2. The van der Waals surface area contributed by atoms with Crippen LogP contribution in [0.25, 0.3) is 21.9 Å². The average molecular weight is 440 g/mol. The number of ether oxygens (including phenoxy) is 1. The molecule has 160 valence electrons. The summed E-state index contributed by atoms with van der Waals surface area (Å²) in [5, 5.41) is 20.2. The Balaban J connectivity index is 1.69. The van der Waals surface area contributed by atoms with Gasteiger partial charge in [0, 0.05) is 5.02 Å². The Labute approximate surface area is 183 Å². The molecule has 0 spiro atoms. The van der Waals surface area contributed by atoms with Crippen molar-refractivity contribution < 1.29 is 19.4 Å². The van der Waals surface area contributed by atoms with Gasteiger partial charge in [0.1, 0.15) is 22.7 Å². The van der Waals surface area contributed by atoms with E-state index in [1.165, 1.54) is 0 Å². The van der Waals surface area contributed by atoms with Crippen molar-refractivity contribution in [2.45, 2.75) is 18.4 Å². The second-order valence-corrected chi connectivity index (χ2v) is 8.09. The molecule has 0 unspecified atom stereocenters. The monoisotopic (exact) mass is 439 g/mol. The molecule has 0 saturated heterocycles. The number of rotatable bonds is 7. The van der Waals surface area contributed by atoms with Gasteiger partial charge in [0.15, 0.2) is 0 Å². The summed E-state index contributed by atoms with van der Waals surface area (Å²) in [6.45, 7) is -0.640. The molecule has 0 aliphatic heterocycles. The van der Waals surface area contributed by atoms with Gasteiger partial charge in [-0.2, -0.15) is 0 Å². The number of hydrogen-bond acceptors (Lipinski definition) is 6. The molecule has 4 rings (SSSR count). The normalized spacial score (nSPS) is 11.9. The zero-order valence-corrected chi connectivity index (χ0v) is 17.4. The van der Waals surface area contributed by atoms with E-state index in [0.717, 1.165) is 5.56 Å². The molecule has 0 atom stereocenters. The molecule has 0 radical (unpaired) electrons. The molecule has 1 heterocycles. The minimum Gasteiger partial charge on any atom is -0.457 e. The number of aliphatic hydroxyl groups excluding tert-OH is 2. The summed E-state index contributed by atoms with van der Waals surface area (Å²) in [7, 11) is 0. The van der Waals surface area contributed by atoms with Crippen molar-refractivity contribution in [2.24, 2.45) is 5.73 Å². The molecule has 7 heteroatoms. The van der Waals surface area contributed by atoms with Crippen LogP contribution in [-0.2, 0) is 6.42 Å². The van der Waals surface area contributed by atoms with E-state index in [4.69, 9.17) is 26.5 Å². The van der Waals surface area contributed by atoms with Gasteiger partial charge in [-0.15, -0.1) is 0 Å². The average Bonchev–Trinajstić information content (AvgIpc) is 2.78. The maximum atomic E-state index is 13.2. The van der Waals surface area contributed by atoms with Gasteiger partial charge in [-0.05, 0) is 66.9 Å². The summed E-state index contributed by atoms with van der Waals surface area (Å²) in [6.07, 6.45) is 0.880. The van der Waals surface area contributed by atoms with E-state index in [1.54, 1.807) is 54.6 Å². The summed E-state index contributed by atoms with van der Waals surface area (Å²) >= 11 is 6.00. The van der Waals surface area contributed by atoms with Crippen molar-refractivity contribution in [3.8, 4) is 11.5 Å². The molecule has 3 aromatic carbocycles. The summed E-state index contributed by atoms with van der Waals surface area (Å²) in [4.78, 5) is 13.2. The van der Waals surface area contributed by atoms with Crippen molar-refractivity contribution in [3.63, 3.8) is 0 Å². The van der Waals surface area contributed by atoms with Crippen LogP contribution in [-0.4, -0.2) is 29.0 Å². The van der Waals surface area contributed by atoms with Gasteiger partial charge >= 0.3 is 0 Å². The topological polar surface area (TPSA) is 106 Å². The maximum Gasteiger partial charge on any atom is 0.200 e. The van der Waals surface area contributed by atoms with Gasteiger partial charge in [-0.1, -0.05) is 23.7 Å². The Bertz CT molecular complexity index is 1300. The van der Waals surface area contributed by atoms with E-state index in [1.807, 2.05) is 6.07 Å². The Kier molecular flexibility index (Phi) is 5.98. The Hall–Kier alpha value is -2.90. The van der Waals surface area contributed by atoms with Crippen LogP contribution in [0.15, 0.2) is 69.9 Å². The quantitative estimate of drug-likeness (QED) is 0.376. The van der Waals surface area contributed by atoms with E-state index in [-0.39, 0.29) is 18.6 Å². The molecule has 0 bridgehead atoms. The molecule has 0 fully saturated rings. The van der Waals surface area contributed by atoms with E-state index in [9.17, 15) is 15.0 Å². The van der Waals surface area contributed by atoms with Gasteiger partial charge in [-0.25, -0.2) is 0 Å². The largest absolute Gasteiger partial charge is 0.457 e. The predicted molar refractivity (Wildman–Crippen MR) is 121 cm³/mol. The summed E-state index contributed by atoms with van der Waals surface area (Å²) < 4.78 is 11.7. The zero-order chi connectivity index (χ0) is 22.0. The number of aryl methyl sites for hydroxylation is 1. The molecule has 6 nitrogen and oxygen atoms in total. The molecule has 0 amide bonds. The summed E-state index contributed by atoms with van der Waals surface area (Å²) in [5.74, 6) is 1.06. The van der Waals surface area contributed by atoms with Crippen LogP contribution in [0.5, 0.6) is 11.5 Å². The van der Waals surface area contributed by atoms with Crippen LogP contribution in [0.2, 0.25) is 5.02 Å². The first-order valence-electron chi connectivity index (χ1n) is 9.84. The molecular weight excluding hydrogens is 418 g/mol. The Morgan fingerprint density at radius 3 is 2.32 bits per heavy atom. The molecule has 4 aromatic rings. The van der Waals surface area contributed by atoms with E-state index < -0.39 is 5.54 Å². The van der Waals surface area contributed by atoms with E-state index in [0.29, 0.717) is 51.3 Å². The third-order valence-electron chi connectivity index (χ3n) is 5.28. The van der Waals surface area contributed by atoms with Crippen molar-refractivity contribution in [3.05, 3.63) is 81.5 Å². The smallest absolute Gasteiger partial charge is 0.200 e. The van der Waals surface area contributed by atoms with E-state index in [2.05, 4.69) is 0 Å². The summed E-state index contributed by atoms with van der Waals surface area (Å²) in [6, 6.07) is 17.5. The van der Waals surface area contributed by atoms with E-state index >= 15 is 0 Å². The zero-order valence-electron chi connectivity index (χ0n) is 16.7. The lowest BCUT2D eigenvalue weighted by Gasteiger charge is -2.24. The number of hydrogen-bond donors (Lipinski definition) is 3. The van der Waals surface area contributed by atoms with Gasteiger partial charge in [0.05, 0.1) is 29.5 Å². The Morgan fingerprint density at radius 1 is 0.935 bits per heavy atom. The lowest BCUT2D eigenvalue weighted by molar-refractivity contribution is 0.115. The third kappa shape index (κ3) is 4.57. The van der Waals surface area contributed by atoms with Crippen LogP contribution in [0.3, 0.4) is 0 Å². The first kappa shape index (κ1) is 21.3. The fourth-order valence-electron chi connectivity index (χ4n) is 3.37. The number of halogens is 1. The van der Waals surface area contributed by atoms with Crippen LogP contribution in [0.1, 0.15) is 12.0 Å². The standard InChI is InChI=1S/C24H22ClNO5/c25-16-2-1-3-17(11-16)30-18-5-7-22-20(12-18)23(29)19-10-15(4-6-21(19)31-22)8-9-24(26,13-27)14-28/h1-7,10-12,27-28H,8-9,13-14,26H2. The number of nitrogens with two attached hydrogens (primary N) is 1. The summed E-state index contributed by atoms with van der Waals surface area (Å²) in [5.41, 5.74) is 6.53. The molecule has 31 heavy (non-hydrogen) atoms. The van der Waals surface area contributed by atoms with Gasteiger partial charge in [0.25, 0.3) is 0 Å². The molecular formula is C24H22ClNO5. The van der Waals surface area contributed by atoms with Crippen molar-refractivity contribution >= 4 is 33.5 Å². The molecule has 0 aliphatic rings. The molecule has 1 aromatic heterocycles. The maximum absolute atomic E-state index is 13.2. The van der Waals surface area contributed by atoms with Crippen molar-refractivity contribution in [1.82, 2.24) is 0 Å². The second kappa shape index (κ2) is 8.69. The van der Waals surface area contributed by atoms with Crippen LogP contribution >= 0.6 is 11.6 Å². The predicted octanol–water partition coefficient (Wildman–Crippen LogP) is 4.01. The highest BCUT2D eigenvalue weighted by Crippen LogP contribution is 2.28. The van der Waals surface area contributed by atoms with Crippen molar-refractivity contribution in [2.75, 3.05) is 13.2 Å². The van der Waals surface area contributed by atoms with Gasteiger partial charge in [0.2, 0.25) is 5.43 Å². The minimum atomic E-state index is -1.06. The molecule has 0 saturated carbocycles. The highest BCUT2D eigenvalue weighted by atomic mass is 35.5. The second-order valence-electron chi connectivity index (χ2n) is 7.66. The van der Waals surface area contributed by atoms with Crippen LogP contribution in [0.4, 0.5) is 0 Å². The van der Waals surface area contributed by atoms with Crippen LogP contribution in [0, 0.1) is 0 Å². The van der Waals surface area contributed by atoms with Crippen LogP contribution < -0.4 is 15.9 Å². The first-order chi connectivity index (χ1) is 14.9. The lowest BCUT2D eigenvalue weighted by Crippen LogP contribution is -2.47. The fraction of sp³-hybridized carbons (Fsp3) is 0.208. The minimum absolute atomic E-state index is 0.169. The number of fused-ring (bicyclic) bond motifs is 2. The first-order valence-corrected chi connectivity index (χ1v) is 10.2. The molecule has 0 aliphatic carbocycles. The highest BCUT2D eigenvalue weighted by Gasteiger charge is 2.22. The Morgan fingerprint density at radius 2 is 1.61 bits per heavy atom.